The monoisotopic (exact) mass is 354 g/mol. The van der Waals surface area contributed by atoms with Crippen molar-refractivity contribution in [2.45, 2.75) is 24.7 Å². The summed E-state index contributed by atoms with van der Waals surface area (Å²) in [6.45, 7) is 1.06. The molecule has 0 aliphatic carbocycles. The number of benzene rings is 1. The Morgan fingerprint density at radius 1 is 1.20 bits per heavy atom. The molecule has 0 spiro atoms. The third-order valence-corrected chi connectivity index (χ3v) is 4.24. The van der Waals surface area contributed by atoms with Gasteiger partial charge in [0.15, 0.2) is 11.0 Å². The summed E-state index contributed by atoms with van der Waals surface area (Å²) in [7, 11) is 0. The first-order valence-electron chi connectivity index (χ1n) is 7.81. The SMILES string of the molecule is CSc1ncc(C(=O)NCc2nncn2CCc2ccccc2)cn1. The van der Waals surface area contributed by atoms with Crippen molar-refractivity contribution in [2.75, 3.05) is 6.26 Å². The summed E-state index contributed by atoms with van der Waals surface area (Å²) >= 11 is 1.43. The van der Waals surface area contributed by atoms with Gasteiger partial charge in [-0.15, -0.1) is 10.2 Å². The van der Waals surface area contributed by atoms with Crippen LogP contribution in [0.3, 0.4) is 0 Å². The van der Waals surface area contributed by atoms with Crippen LogP contribution in [0.1, 0.15) is 21.7 Å². The standard InChI is InChI=1S/C17H18N6OS/c1-25-17-19-9-14(10-20-17)16(24)18-11-15-22-21-12-23(15)8-7-13-5-3-2-4-6-13/h2-6,9-10,12H,7-8,11H2,1H3,(H,18,24). The fraction of sp³-hybridized carbons (Fsp3) is 0.235. The molecule has 1 N–H and O–H groups in total. The molecule has 3 rings (SSSR count). The first-order valence-corrected chi connectivity index (χ1v) is 9.03. The zero-order chi connectivity index (χ0) is 17.5. The van der Waals surface area contributed by atoms with E-state index in [2.05, 4.69) is 37.6 Å². The minimum atomic E-state index is -0.231. The second kappa shape index (κ2) is 8.39. The molecule has 3 aromatic rings. The molecule has 0 saturated heterocycles. The Morgan fingerprint density at radius 2 is 1.96 bits per heavy atom. The highest BCUT2D eigenvalue weighted by Gasteiger charge is 2.10. The molecule has 0 saturated carbocycles. The van der Waals surface area contributed by atoms with E-state index in [1.165, 1.54) is 29.7 Å². The molecule has 0 aliphatic heterocycles. The fourth-order valence-corrected chi connectivity index (χ4v) is 2.61. The average molecular weight is 354 g/mol. The Bertz CT molecular complexity index is 819. The van der Waals surface area contributed by atoms with Crippen LogP contribution in [-0.2, 0) is 19.5 Å². The van der Waals surface area contributed by atoms with Gasteiger partial charge >= 0.3 is 0 Å². The van der Waals surface area contributed by atoms with Crippen molar-refractivity contribution < 1.29 is 4.79 Å². The van der Waals surface area contributed by atoms with Crippen molar-refractivity contribution in [2.24, 2.45) is 0 Å². The predicted molar refractivity (Wildman–Crippen MR) is 95.2 cm³/mol. The van der Waals surface area contributed by atoms with E-state index in [0.717, 1.165) is 13.0 Å². The molecule has 0 radical (unpaired) electrons. The number of nitrogens with one attached hydrogen (secondary N) is 1. The third kappa shape index (κ3) is 4.63. The molecule has 1 aromatic carbocycles. The fourth-order valence-electron chi connectivity index (χ4n) is 2.30. The molecular formula is C17H18N6OS. The van der Waals surface area contributed by atoms with Gasteiger partial charge in [-0.1, -0.05) is 42.1 Å². The predicted octanol–water partition coefficient (Wildman–Crippen LogP) is 1.96. The molecule has 25 heavy (non-hydrogen) atoms. The number of carbonyl (C=O) groups excluding carboxylic acids is 1. The van der Waals surface area contributed by atoms with Gasteiger partial charge < -0.3 is 9.88 Å². The number of aryl methyl sites for hydroxylation is 2. The maximum Gasteiger partial charge on any atom is 0.254 e. The Kier molecular flexibility index (Phi) is 5.73. The summed E-state index contributed by atoms with van der Waals surface area (Å²) in [5.41, 5.74) is 1.67. The van der Waals surface area contributed by atoms with Crippen molar-refractivity contribution in [3.8, 4) is 0 Å². The lowest BCUT2D eigenvalue weighted by atomic mass is 10.1. The maximum atomic E-state index is 12.2. The summed E-state index contributed by atoms with van der Waals surface area (Å²) < 4.78 is 1.95. The van der Waals surface area contributed by atoms with E-state index in [4.69, 9.17) is 0 Å². The van der Waals surface area contributed by atoms with Crippen LogP contribution in [0.2, 0.25) is 0 Å². The Hall–Kier alpha value is -2.74. The van der Waals surface area contributed by atoms with Gasteiger partial charge in [-0.2, -0.15) is 0 Å². The van der Waals surface area contributed by atoms with Crippen LogP contribution in [0.15, 0.2) is 54.2 Å². The van der Waals surface area contributed by atoms with Crippen LogP contribution >= 0.6 is 11.8 Å². The molecule has 7 nitrogen and oxygen atoms in total. The van der Waals surface area contributed by atoms with Gasteiger partial charge in [0.25, 0.3) is 5.91 Å². The molecule has 0 fully saturated rings. The summed E-state index contributed by atoms with van der Waals surface area (Å²) in [5.74, 6) is 0.483. The van der Waals surface area contributed by atoms with Gasteiger partial charge in [-0.3, -0.25) is 4.79 Å². The van der Waals surface area contributed by atoms with E-state index in [-0.39, 0.29) is 5.91 Å². The van der Waals surface area contributed by atoms with E-state index in [1.807, 2.05) is 29.0 Å². The number of thioether (sulfide) groups is 1. The molecule has 128 valence electrons. The second-order valence-electron chi connectivity index (χ2n) is 5.32. The van der Waals surface area contributed by atoms with Crippen LogP contribution in [0.25, 0.3) is 0 Å². The first kappa shape index (κ1) is 17.1. The van der Waals surface area contributed by atoms with Crippen LogP contribution in [-0.4, -0.2) is 36.9 Å². The van der Waals surface area contributed by atoms with Crippen molar-refractivity contribution in [1.82, 2.24) is 30.0 Å². The Balaban J connectivity index is 1.56. The summed E-state index contributed by atoms with van der Waals surface area (Å²) in [5, 5.41) is 11.5. The summed E-state index contributed by atoms with van der Waals surface area (Å²) in [4.78, 5) is 20.4. The third-order valence-electron chi connectivity index (χ3n) is 3.66. The lowest BCUT2D eigenvalue weighted by molar-refractivity contribution is 0.0948. The zero-order valence-electron chi connectivity index (χ0n) is 13.8. The molecule has 2 heterocycles. The average Bonchev–Trinajstić information content (AvgIpc) is 3.13. The van der Waals surface area contributed by atoms with E-state index in [9.17, 15) is 4.79 Å². The molecule has 0 bridgehead atoms. The molecule has 8 heteroatoms. The highest BCUT2D eigenvalue weighted by atomic mass is 32.2. The molecular weight excluding hydrogens is 336 g/mol. The molecule has 0 atom stereocenters. The van der Waals surface area contributed by atoms with E-state index >= 15 is 0 Å². The number of aromatic nitrogens is 5. The largest absolute Gasteiger partial charge is 0.345 e. The van der Waals surface area contributed by atoms with Crippen LogP contribution in [0.5, 0.6) is 0 Å². The smallest absolute Gasteiger partial charge is 0.254 e. The first-order chi connectivity index (χ1) is 12.3. The molecule has 0 unspecified atom stereocenters. The summed E-state index contributed by atoms with van der Waals surface area (Å²) in [6.07, 6.45) is 7.49. The van der Waals surface area contributed by atoms with E-state index in [1.54, 1.807) is 6.33 Å². The van der Waals surface area contributed by atoms with E-state index in [0.29, 0.717) is 23.1 Å². The number of rotatable bonds is 7. The Morgan fingerprint density at radius 3 is 2.68 bits per heavy atom. The number of carbonyl (C=O) groups is 1. The van der Waals surface area contributed by atoms with Gasteiger partial charge in [0.1, 0.15) is 6.33 Å². The molecule has 2 aromatic heterocycles. The number of hydrogen-bond donors (Lipinski definition) is 1. The zero-order valence-corrected chi connectivity index (χ0v) is 14.6. The van der Waals surface area contributed by atoms with Gasteiger partial charge in [-0.25, -0.2) is 9.97 Å². The van der Waals surface area contributed by atoms with E-state index < -0.39 is 0 Å². The number of hydrogen-bond acceptors (Lipinski definition) is 6. The van der Waals surface area contributed by atoms with Gasteiger partial charge in [-0.05, 0) is 18.2 Å². The van der Waals surface area contributed by atoms with Crippen molar-refractivity contribution in [3.05, 3.63) is 66.0 Å². The normalized spacial score (nSPS) is 10.6. The van der Waals surface area contributed by atoms with Crippen LogP contribution in [0.4, 0.5) is 0 Å². The lowest BCUT2D eigenvalue weighted by Crippen LogP contribution is -2.25. The highest BCUT2D eigenvalue weighted by molar-refractivity contribution is 7.98. The number of amides is 1. The Labute approximate surface area is 149 Å². The number of nitrogens with zero attached hydrogens (tertiary/aromatic N) is 5. The molecule has 0 aliphatic rings. The summed E-state index contributed by atoms with van der Waals surface area (Å²) in [6, 6.07) is 10.2. The van der Waals surface area contributed by atoms with Gasteiger partial charge in [0, 0.05) is 18.9 Å². The van der Waals surface area contributed by atoms with Gasteiger partial charge in [0.2, 0.25) is 0 Å². The van der Waals surface area contributed by atoms with Crippen molar-refractivity contribution >= 4 is 17.7 Å². The van der Waals surface area contributed by atoms with Crippen molar-refractivity contribution in [3.63, 3.8) is 0 Å². The minimum Gasteiger partial charge on any atom is -0.345 e. The van der Waals surface area contributed by atoms with Crippen LogP contribution < -0.4 is 5.32 Å². The lowest BCUT2D eigenvalue weighted by Gasteiger charge is -2.08. The quantitative estimate of drug-likeness (QED) is 0.516. The second-order valence-corrected chi connectivity index (χ2v) is 6.09. The maximum absolute atomic E-state index is 12.2. The topological polar surface area (TPSA) is 85.6 Å². The van der Waals surface area contributed by atoms with Gasteiger partial charge in [0.05, 0.1) is 12.1 Å². The minimum absolute atomic E-state index is 0.231. The molecule has 1 amide bonds. The van der Waals surface area contributed by atoms with Crippen molar-refractivity contribution in [1.29, 1.82) is 0 Å². The highest BCUT2D eigenvalue weighted by Crippen LogP contribution is 2.07. The van der Waals surface area contributed by atoms with Crippen LogP contribution in [0, 0.1) is 0 Å².